The lowest BCUT2D eigenvalue weighted by Crippen LogP contribution is -2.59. The highest BCUT2D eigenvalue weighted by Crippen LogP contribution is 2.38. The van der Waals surface area contributed by atoms with E-state index in [4.69, 9.17) is 4.74 Å². The fourth-order valence-corrected chi connectivity index (χ4v) is 4.31. The van der Waals surface area contributed by atoms with Crippen LogP contribution in [-0.4, -0.2) is 62.1 Å². The summed E-state index contributed by atoms with van der Waals surface area (Å²) in [5.74, 6) is 0.633. The maximum atomic E-state index is 12.3. The number of hydrogen-bond donors (Lipinski definition) is 0. The highest BCUT2D eigenvalue weighted by Gasteiger charge is 2.46. The van der Waals surface area contributed by atoms with Crippen LogP contribution < -0.4 is 0 Å². The molecule has 0 spiro atoms. The molecule has 2 aliphatic rings. The zero-order valence-corrected chi connectivity index (χ0v) is 14.9. The van der Waals surface area contributed by atoms with Crippen molar-refractivity contribution in [2.75, 3.05) is 34.2 Å². The van der Waals surface area contributed by atoms with Gasteiger partial charge in [-0.2, -0.15) is 0 Å². The van der Waals surface area contributed by atoms with Crippen LogP contribution in [0.3, 0.4) is 0 Å². The fraction of sp³-hybridized carbons (Fsp3) is 0.550. The Hall–Kier alpha value is -1.65. The molecule has 0 amide bonds. The molecule has 3 rings (SSSR count). The Bertz CT molecular complexity index is 585. The van der Waals surface area contributed by atoms with Crippen molar-refractivity contribution in [1.82, 2.24) is 9.80 Å². The first-order valence-electron chi connectivity index (χ1n) is 8.83. The van der Waals surface area contributed by atoms with Gasteiger partial charge in [0.1, 0.15) is 6.10 Å². The van der Waals surface area contributed by atoms with Gasteiger partial charge in [0.25, 0.3) is 0 Å². The maximum absolute atomic E-state index is 12.3. The molecule has 1 heterocycles. The molecule has 1 aliphatic heterocycles. The number of rotatable bonds is 4. The van der Waals surface area contributed by atoms with Gasteiger partial charge in [-0.25, -0.2) is 4.79 Å². The third-order valence-corrected chi connectivity index (χ3v) is 5.41. The van der Waals surface area contributed by atoms with Gasteiger partial charge in [0, 0.05) is 37.0 Å². The maximum Gasteiger partial charge on any atom is 0.331 e. The summed E-state index contributed by atoms with van der Waals surface area (Å²) in [5, 5.41) is 0. The average Bonchev–Trinajstić information content (AvgIpc) is 2.54. The van der Waals surface area contributed by atoms with E-state index in [-0.39, 0.29) is 12.1 Å². The standard InChI is InChI=1S/C20H28N2O2/c1-21(2)18-11-10-16-13-22(3)14-17(18)20(16)24-19(23)12-9-15-7-5-4-6-8-15/h4-9,12,16-18,20H,10-11,13-14H2,1-3H3. The number of likely N-dealkylation sites (tertiary alicyclic amines) is 1. The van der Waals surface area contributed by atoms with E-state index < -0.39 is 0 Å². The molecule has 1 aromatic rings. The van der Waals surface area contributed by atoms with E-state index in [0.717, 1.165) is 25.1 Å². The highest BCUT2D eigenvalue weighted by atomic mass is 16.5. The second-order valence-electron chi connectivity index (χ2n) is 7.40. The molecule has 0 aromatic heterocycles. The second kappa shape index (κ2) is 7.49. The molecule has 1 aliphatic carbocycles. The summed E-state index contributed by atoms with van der Waals surface area (Å²) in [7, 11) is 6.44. The Balaban J connectivity index is 1.68. The number of esters is 1. The van der Waals surface area contributed by atoms with Gasteiger partial charge in [-0.15, -0.1) is 0 Å². The number of hydrogen-bond acceptors (Lipinski definition) is 4. The number of piperidine rings is 1. The highest BCUT2D eigenvalue weighted by molar-refractivity contribution is 5.87. The predicted molar refractivity (Wildman–Crippen MR) is 96.5 cm³/mol. The Kier molecular flexibility index (Phi) is 5.36. The van der Waals surface area contributed by atoms with Gasteiger partial charge in [-0.05, 0) is 45.6 Å². The van der Waals surface area contributed by atoms with Gasteiger partial charge in [-0.1, -0.05) is 30.3 Å². The minimum Gasteiger partial charge on any atom is -0.458 e. The molecule has 1 aromatic carbocycles. The van der Waals surface area contributed by atoms with Gasteiger partial charge >= 0.3 is 5.97 Å². The lowest BCUT2D eigenvalue weighted by atomic mass is 9.72. The first kappa shape index (κ1) is 17.2. The largest absolute Gasteiger partial charge is 0.458 e. The van der Waals surface area contributed by atoms with Crippen molar-refractivity contribution >= 4 is 12.0 Å². The minimum atomic E-state index is -0.220. The van der Waals surface area contributed by atoms with E-state index in [1.165, 1.54) is 6.42 Å². The van der Waals surface area contributed by atoms with E-state index in [1.807, 2.05) is 36.4 Å². The van der Waals surface area contributed by atoms with Crippen molar-refractivity contribution < 1.29 is 9.53 Å². The number of ether oxygens (including phenoxy) is 1. The number of fused-ring (bicyclic) bond motifs is 2. The van der Waals surface area contributed by atoms with Crippen LogP contribution >= 0.6 is 0 Å². The Labute approximate surface area is 145 Å². The molecule has 4 heteroatoms. The number of carbonyl (C=O) groups excluding carboxylic acids is 1. The summed E-state index contributed by atoms with van der Waals surface area (Å²) in [6.07, 6.45) is 5.76. The van der Waals surface area contributed by atoms with Crippen LogP contribution in [0.5, 0.6) is 0 Å². The molecule has 4 nitrogen and oxygen atoms in total. The van der Waals surface area contributed by atoms with Crippen molar-refractivity contribution in [3.05, 3.63) is 42.0 Å². The fourth-order valence-electron chi connectivity index (χ4n) is 4.31. The molecule has 130 valence electrons. The summed E-state index contributed by atoms with van der Waals surface area (Å²) < 4.78 is 5.93. The van der Waals surface area contributed by atoms with Crippen molar-refractivity contribution in [3.8, 4) is 0 Å². The first-order valence-corrected chi connectivity index (χ1v) is 8.83. The summed E-state index contributed by atoms with van der Waals surface area (Å²) in [5.41, 5.74) is 1.02. The summed E-state index contributed by atoms with van der Waals surface area (Å²) in [6, 6.07) is 10.4. The third kappa shape index (κ3) is 3.87. The smallest absolute Gasteiger partial charge is 0.331 e. The molecule has 0 radical (unpaired) electrons. The zero-order chi connectivity index (χ0) is 17.1. The molecule has 24 heavy (non-hydrogen) atoms. The van der Waals surface area contributed by atoms with Crippen LogP contribution in [0.15, 0.2) is 36.4 Å². The third-order valence-electron chi connectivity index (χ3n) is 5.41. The molecule has 4 atom stereocenters. The van der Waals surface area contributed by atoms with Gasteiger partial charge in [0.05, 0.1) is 0 Å². The Morgan fingerprint density at radius 3 is 2.67 bits per heavy atom. The predicted octanol–water partition coefficient (Wildman–Crippen LogP) is 2.51. The number of benzene rings is 1. The number of nitrogens with zero attached hydrogens (tertiary/aromatic N) is 2. The normalized spacial score (nSPS) is 30.7. The molecule has 1 saturated carbocycles. The Morgan fingerprint density at radius 2 is 1.96 bits per heavy atom. The summed E-state index contributed by atoms with van der Waals surface area (Å²) >= 11 is 0. The van der Waals surface area contributed by atoms with Crippen LogP contribution in [0.4, 0.5) is 0 Å². The van der Waals surface area contributed by atoms with Crippen LogP contribution in [0.1, 0.15) is 18.4 Å². The van der Waals surface area contributed by atoms with Crippen LogP contribution in [0.25, 0.3) is 6.08 Å². The van der Waals surface area contributed by atoms with E-state index in [2.05, 4.69) is 30.9 Å². The van der Waals surface area contributed by atoms with Gasteiger partial charge < -0.3 is 14.5 Å². The van der Waals surface area contributed by atoms with Crippen molar-refractivity contribution in [2.45, 2.75) is 25.0 Å². The van der Waals surface area contributed by atoms with E-state index in [0.29, 0.717) is 17.9 Å². The second-order valence-corrected chi connectivity index (χ2v) is 7.40. The Morgan fingerprint density at radius 1 is 1.21 bits per heavy atom. The molecular formula is C20H28N2O2. The SMILES string of the molecule is CN1CC2CCC(N(C)C)C(C1)C2OC(=O)C=Cc1ccccc1. The lowest BCUT2D eigenvalue weighted by molar-refractivity contribution is -0.161. The summed E-state index contributed by atoms with van der Waals surface area (Å²) in [4.78, 5) is 17.0. The quantitative estimate of drug-likeness (QED) is 0.628. The van der Waals surface area contributed by atoms with E-state index in [9.17, 15) is 4.79 Å². The van der Waals surface area contributed by atoms with Crippen molar-refractivity contribution in [1.29, 1.82) is 0 Å². The average molecular weight is 328 g/mol. The van der Waals surface area contributed by atoms with Crippen molar-refractivity contribution in [3.63, 3.8) is 0 Å². The molecule has 4 unspecified atom stereocenters. The van der Waals surface area contributed by atoms with E-state index in [1.54, 1.807) is 6.08 Å². The van der Waals surface area contributed by atoms with Crippen molar-refractivity contribution in [2.24, 2.45) is 11.8 Å². The van der Waals surface area contributed by atoms with Gasteiger partial charge in [-0.3, -0.25) is 0 Å². The summed E-state index contributed by atoms with van der Waals surface area (Å²) in [6.45, 7) is 2.02. The lowest BCUT2D eigenvalue weighted by Gasteiger charge is -2.50. The van der Waals surface area contributed by atoms with Crippen LogP contribution in [0.2, 0.25) is 0 Å². The molecule has 2 fully saturated rings. The molecular weight excluding hydrogens is 300 g/mol. The monoisotopic (exact) mass is 328 g/mol. The molecule has 2 bridgehead atoms. The minimum absolute atomic E-state index is 0.0373. The zero-order valence-electron chi connectivity index (χ0n) is 14.9. The van der Waals surface area contributed by atoms with Gasteiger partial charge in [0.2, 0.25) is 0 Å². The van der Waals surface area contributed by atoms with Crippen LogP contribution in [0, 0.1) is 11.8 Å². The molecule has 1 saturated heterocycles. The first-order chi connectivity index (χ1) is 11.5. The van der Waals surface area contributed by atoms with Gasteiger partial charge in [0.15, 0.2) is 0 Å². The van der Waals surface area contributed by atoms with Crippen LogP contribution in [-0.2, 0) is 9.53 Å². The topological polar surface area (TPSA) is 32.8 Å². The molecule has 0 N–H and O–H groups in total. The number of carbonyl (C=O) groups is 1. The van der Waals surface area contributed by atoms with E-state index >= 15 is 0 Å².